The Balaban J connectivity index is -0.000000120. The van der Waals surface area contributed by atoms with Gasteiger partial charge < -0.3 is 4.43 Å². The van der Waals surface area contributed by atoms with Gasteiger partial charge >= 0.3 is 0 Å². The summed E-state index contributed by atoms with van der Waals surface area (Å²) in [5.74, 6) is 0. The standard InChI is InChI=1S/C4H8OSi.3Si/c1-2-4-6-5-3-1;;;/h1-4H2;;;. The second-order valence-electron chi connectivity index (χ2n) is 1.45. The van der Waals surface area contributed by atoms with E-state index in [0.29, 0.717) is 0 Å². The third-order valence-corrected chi connectivity index (χ3v) is 1.84. The van der Waals surface area contributed by atoms with E-state index in [2.05, 4.69) is 0 Å². The first-order valence-corrected chi connectivity index (χ1v) is 3.46. The minimum Gasteiger partial charge on any atom is -0.417 e. The zero-order chi connectivity index (χ0) is 4.24. The van der Waals surface area contributed by atoms with Gasteiger partial charge in [-0.1, -0.05) is 6.42 Å². The Labute approximate surface area is 73.0 Å². The van der Waals surface area contributed by atoms with Crippen LogP contribution in [0.2, 0.25) is 6.04 Å². The van der Waals surface area contributed by atoms with Crippen LogP contribution in [0.5, 0.6) is 0 Å². The summed E-state index contributed by atoms with van der Waals surface area (Å²) < 4.78 is 5.10. The molecule has 0 aromatic rings. The second-order valence-corrected chi connectivity index (χ2v) is 2.53. The van der Waals surface area contributed by atoms with E-state index in [9.17, 15) is 0 Å². The smallest absolute Gasteiger partial charge is 0.229 e. The average Bonchev–Trinajstić information content (AvgIpc) is 1.72. The van der Waals surface area contributed by atoms with Crippen LogP contribution in [0.1, 0.15) is 12.8 Å². The molecule has 1 fully saturated rings. The van der Waals surface area contributed by atoms with Crippen LogP contribution >= 0.6 is 0 Å². The molecule has 1 heterocycles. The topological polar surface area (TPSA) is 9.23 Å². The zero-order valence-corrected chi connectivity index (χ0v) is 9.24. The van der Waals surface area contributed by atoms with Crippen molar-refractivity contribution >= 4 is 42.7 Å². The van der Waals surface area contributed by atoms with Crippen molar-refractivity contribution in [2.45, 2.75) is 18.9 Å². The monoisotopic (exact) mass is 184 g/mol. The molecule has 0 atom stereocenters. The highest BCUT2D eigenvalue weighted by Crippen LogP contribution is 2.01. The molecular formula is C4H8OSi4. The van der Waals surface area contributed by atoms with Crippen molar-refractivity contribution in [1.29, 1.82) is 0 Å². The molecule has 0 spiro atoms. The van der Waals surface area contributed by atoms with Crippen LogP contribution < -0.4 is 0 Å². The van der Waals surface area contributed by atoms with E-state index in [-0.39, 0.29) is 32.9 Å². The molecule has 0 amide bonds. The van der Waals surface area contributed by atoms with E-state index in [4.69, 9.17) is 4.43 Å². The van der Waals surface area contributed by atoms with Crippen LogP contribution in [0.4, 0.5) is 0 Å². The molecule has 9 heavy (non-hydrogen) atoms. The van der Waals surface area contributed by atoms with Gasteiger partial charge in [0.15, 0.2) is 0 Å². The van der Waals surface area contributed by atoms with Gasteiger partial charge in [0, 0.05) is 39.5 Å². The van der Waals surface area contributed by atoms with Gasteiger partial charge in [0.25, 0.3) is 0 Å². The average molecular weight is 184 g/mol. The lowest BCUT2D eigenvalue weighted by Gasteiger charge is -2.06. The highest BCUT2D eigenvalue weighted by atomic mass is 28.2. The quantitative estimate of drug-likeness (QED) is 0.470. The van der Waals surface area contributed by atoms with Crippen molar-refractivity contribution in [3.8, 4) is 0 Å². The Morgan fingerprint density at radius 1 is 1.00 bits per heavy atom. The zero-order valence-electron chi connectivity index (χ0n) is 5.24. The van der Waals surface area contributed by atoms with Crippen LogP contribution in [-0.4, -0.2) is 49.3 Å². The minimum atomic E-state index is 0. The third kappa shape index (κ3) is 8.83. The lowest BCUT2D eigenvalue weighted by molar-refractivity contribution is 0.304. The van der Waals surface area contributed by atoms with Gasteiger partial charge in [-0.15, -0.1) is 0 Å². The van der Waals surface area contributed by atoms with E-state index in [1.165, 1.54) is 18.9 Å². The fourth-order valence-electron chi connectivity index (χ4n) is 0.516. The molecule has 0 unspecified atom stereocenters. The molecule has 0 N–H and O–H groups in total. The van der Waals surface area contributed by atoms with Gasteiger partial charge in [-0.3, -0.25) is 0 Å². The van der Waals surface area contributed by atoms with Gasteiger partial charge in [-0.25, -0.2) is 0 Å². The molecule has 0 aliphatic carbocycles. The molecule has 1 aliphatic heterocycles. The van der Waals surface area contributed by atoms with Crippen LogP contribution in [0, 0.1) is 0 Å². The van der Waals surface area contributed by atoms with Crippen molar-refractivity contribution in [3.05, 3.63) is 0 Å². The van der Waals surface area contributed by atoms with Crippen LogP contribution in [-0.2, 0) is 4.43 Å². The summed E-state index contributed by atoms with van der Waals surface area (Å²) in [5.41, 5.74) is 0. The maximum absolute atomic E-state index is 5.10. The highest BCUT2D eigenvalue weighted by molar-refractivity contribution is 6.27. The third-order valence-electron chi connectivity index (χ3n) is 0.877. The van der Waals surface area contributed by atoms with Crippen LogP contribution in [0.15, 0.2) is 0 Å². The molecule has 1 saturated heterocycles. The van der Waals surface area contributed by atoms with Gasteiger partial charge in [0.1, 0.15) is 0 Å². The lowest BCUT2D eigenvalue weighted by atomic mass is 10.4. The predicted octanol–water partition coefficient (Wildman–Crippen LogP) is -0.308. The SMILES string of the molecule is C1CC[Si]OC1.[Si].[Si].[Si]. The normalized spacial score (nSPS) is 16.0. The molecular weight excluding hydrogens is 176 g/mol. The van der Waals surface area contributed by atoms with E-state index in [1.807, 2.05) is 0 Å². The van der Waals surface area contributed by atoms with Gasteiger partial charge in [-0.2, -0.15) is 0 Å². The summed E-state index contributed by atoms with van der Waals surface area (Å²) in [6, 6.07) is 1.31. The summed E-state index contributed by atoms with van der Waals surface area (Å²) in [6.07, 6.45) is 2.67. The fourth-order valence-corrected chi connectivity index (χ4v) is 1.34. The van der Waals surface area contributed by atoms with Gasteiger partial charge in [0.2, 0.25) is 9.76 Å². The minimum absolute atomic E-state index is 0. The lowest BCUT2D eigenvalue weighted by Crippen LogP contribution is -2.06. The molecule has 1 rings (SSSR count). The Kier molecular flexibility index (Phi) is 21.2. The summed E-state index contributed by atoms with van der Waals surface area (Å²) >= 11 is 0. The van der Waals surface area contributed by atoms with Crippen molar-refractivity contribution in [2.24, 2.45) is 0 Å². The maximum Gasteiger partial charge on any atom is 0.229 e. The first-order chi connectivity index (χ1) is 3.00. The Hall–Kier alpha value is 0.828. The fraction of sp³-hybridized carbons (Fsp3) is 1.00. The molecule has 0 aromatic carbocycles. The molecule has 0 saturated carbocycles. The maximum atomic E-state index is 5.10. The first-order valence-electron chi connectivity index (χ1n) is 2.35. The summed E-state index contributed by atoms with van der Waals surface area (Å²) in [6.45, 7) is 1.01. The van der Waals surface area contributed by atoms with Crippen LogP contribution in [0.25, 0.3) is 0 Å². The van der Waals surface area contributed by atoms with E-state index < -0.39 is 0 Å². The summed E-state index contributed by atoms with van der Waals surface area (Å²) in [5, 5.41) is 0. The van der Waals surface area contributed by atoms with E-state index >= 15 is 0 Å². The van der Waals surface area contributed by atoms with Crippen molar-refractivity contribution < 1.29 is 4.43 Å². The number of hydrogen-bond acceptors (Lipinski definition) is 1. The Bertz CT molecular complexity index is 28.0. The Morgan fingerprint density at radius 2 is 1.67 bits per heavy atom. The van der Waals surface area contributed by atoms with E-state index in [1.54, 1.807) is 0 Å². The molecule has 0 bridgehead atoms. The molecule has 14 radical (unpaired) electrons. The molecule has 0 aromatic heterocycles. The molecule has 46 valence electrons. The first kappa shape index (κ1) is 16.4. The number of rotatable bonds is 0. The second kappa shape index (κ2) is 11.6. The summed E-state index contributed by atoms with van der Waals surface area (Å²) in [4.78, 5) is 0. The number of hydrogen-bond donors (Lipinski definition) is 0. The van der Waals surface area contributed by atoms with Crippen molar-refractivity contribution in [1.82, 2.24) is 0 Å². The largest absolute Gasteiger partial charge is 0.417 e. The molecule has 1 nitrogen and oxygen atoms in total. The van der Waals surface area contributed by atoms with Gasteiger partial charge in [-0.05, 0) is 12.5 Å². The molecule has 1 aliphatic rings. The van der Waals surface area contributed by atoms with Crippen molar-refractivity contribution in [2.75, 3.05) is 6.61 Å². The van der Waals surface area contributed by atoms with Gasteiger partial charge in [0.05, 0.1) is 0 Å². The highest BCUT2D eigenvalue weighted by Gasteiger charge is 1.97. The molecule has 5 heteroatoms. The van der Waals surface area contributed by atoms with Crippen LogP contribution in [0.3, 0.4) is 0 Å². The Morgan fingerprint density at radius 3 is 1.78 bits per heavy atom. The predicted molar refractivity (Wildman–Crippen MR) is 43.0 cm³/mol. The summed E-state index contributed by atoms with van der Waals surface area (Å²) in [7, 11) is 0.802. The van der Waals surface area contributed by atoms with E-state index in [0.717, 1.165) is 16.4 Å². The van der Waals surface area contributed by atoms with Crippen molar-refractivity contribution in [3.63, 3.8) is 0 Å².